The molecule has 0 aliphatic carbocycles. The zero-order chi connectivity index (χ0) is 14.0. The summed E-state index contributed by atoms with van der Waals surface area (Å²) < 4.78 is 1.87. The van der Waals surface area contributed by atoms with Crippen LogP contribution in [0.15, 0.2) is 18.2 Å². The van der Waals surface area contributed by atoms with Crippen LogP contribution >= 0.6 is 23.2 Å². The minimum absolute atomic E-state index is 0.316. The van der Waals surface area contributed by atoms with Gasteiger partial charge < -0.3 is 5.73 Å². The number of halogens is 2. The summed E-state index contributed by atoms with van der Waals surface area (Å²) in [5.41, 5.74) is 8.62. The second-order valence-electron chi connectivity index (χ2n) is 4.69. The van der Waals surface area contributed by atoms with Gasteiger partial charge in [0.25, 0.3) is 0 Å². The van der Waals surface area contributed by atoms with Gasteiger partial charge in [-0.2, -0.15) is 0 Å². The van der Waals surface area contributed by atoms with Gasteiger partial charge in [-0.15, -0.1) is 5.10 Å². The fourth-order valence-electron chi connectivity index (χ4n) is 2.06. The van der Waals surface area contributed by atoms with E-state index in [0.29, 0.717) is 29.1 Å². The van der Waals surface area contributed by atoms with Crippen molar-refractivity contribution in [1.82, 2.24) is 15.0 Å². The molecule has 2 N–H and O–H groups in total. The molecule has 4 nitrogen and oxygen atoms in total. The molecule has 0 aliphatic heterocycles. The largest absolute Gasteiger partial charge is 0.325 e. The third kappa shape index (κ3) is 3.08. The smallest absolute Gasteiger partial charge is 0.0997 e. The van der Waals surface area contributed by atoms with Crippen molar-refractivity contribution in [3.05, 3.63) is 45.2 Å². The van der Waals surface area contributed by atoms with Crippen LogP contribution < -0.4 is 5.73 Å². The van der Waals surface area contributed by atoms with E-state index in [0.717, 1.165) is 17.0 Å². The van der Waals surface area contributed by atoms with Crippen molar-refractivity contribution in [1.29, 1.82) is 0 Å². The van der Waals surface area contributed by atoms with Crippen LogP contribution in [0.3, 0.4) is 0 Å². The zero-order valence-electron chi connectivity index (χ0n) is 10.9. The molecule has 2 rings (SSSR count). The van der Waals surface area contributed by atoms with E-state index in [1.54, 1.807) is 6.07 Å². The molecule has 0 unspecified atom stereocenters. The third-order valence-corrected chi connectivity index (χ3v) is 3.64. The summed E-state index contributed by atoms with van der Waals surface area (Å²) in [6, 6.07) is 5.56. The van der Waals surface area contributed by atoms with Crippen molar-refractivity contribution in [2.45, 2.75) is 32.9 Å². The number of benzene rings is 1. The molecule has 102 valence electrons. The fraction of sp³-hybridized carbons (Fsp3) is 0.385. The second-order valence-corrected chi connectivity index (χ2v) is 5.50. The predicted octanol–water partition coefficient (Wildman–Crippen LogP) is 3.22. The number of rotatable bonds is 4. The van der Waals surface area contributed by atoms with Crippen molar-refractivity contribution in [3.8, 4) is 0 Å². The molecule has 1 heterocycles. The van der Waals surface area contributed by atoms with Crippen LogP contribution in [0.25, 0.3) is 0 Å². The average molecular weight is 299 g/mol. The molecule has 19 heavy (non-hydrogen) atoms. The van der Waals surface area contributed by atoms with Gasteiger partial charge in [-0.05, 0) is 23.6 Å². The Morgan fingerprint density at radius 2 is 2.00 bits per heavy atom. The molecular weight excluding hydrogens is 283 g/mol. The van der Waals surface area contributed by atoms with Gasteiger partial charge in [-0.1, -0.05) is 48.3 Å². The molecule has 1 aromatic carbocycles. The van der Waals surface area contributed by atoms with Crippen LogP contribution in [0.4, 0.5) is 0 Å². The quantitative estimate of drug-likeness (QED) is 0.943. The normalized spacial score (nSPS) is 11.3. The summed E-state index contributed by atoms with van der Waals surface area (Å²) in [5.74, 6) is 0.316. The van der Waals surface area contributed by atoms with E-state index >= 15 is 0 Å². The van der Waals surface area contributed by atoms with E-state index in [2.05, 4.69) is 24.2 Å². The lowest BCUT2D eigenvalue weighted by Gasteiger charge is -2.11. The lowest BCUT2D eigenvalue weighted by atomic mass is 10.1. The molecule has 0 saturated heterocycles. The first-order chi connectivity index (χ1) is 9.02. The SMILES string of the molecule is CC(C)c1c(CN)nnn1Cc1ccc(Cl)c(Cl)c1. The van der Waals surface area contributed by atoms with E-state index in [-0.39, 0.29) is 0 Å². The lowest BCUT2D eigenvalue weighted by molar-refractivity contribution is 0.597. The van der Waals surface area contributed by atoms with Crippen molar-refractivity contribution in [2.24, 2.45) is 5.73 Å². The number of nitrogens with two attached hydrogens (primary N) is 1. The first-order valence-corrected chi connectivity index (χ1v) is 6.84. The van der Waals surface area contributed by atoms with Gasteiger partial charge in [0.05, 0.1) is 28.0 Å². The maximum atomic E-state index is 6.02. The third-order valence-electron chi connectivity index (χ3n) is 2.90. The van der Waals surface area contributed by atoms with Crippen molar-refractivity contribution >= 4 is 23.2 Å². The summed E-state index contributed by atoms with van der Waals surface area (Å²) in [5, 5.41) is 9.38. The second kappa shape index (κ2) is 5.90. The van der Waals surface area contributed by atoms with Crippen molar-refractivity contribution < 1.29 is 0 Å². The van der Waals surface area contributed by atoms with Gasteiger partial charge in [0.15, 0.2) is 0 Å². The highest BCUT2D eigenvalue weighted by Gasteiger charge is 2.15. The molecule has 0 aliphatic rings. The van der Waals surface area contributed by atoms with Crippen LogP contribution in [0.5, 0.6) is 0 Å². The number of hydrogen-bond acceptors (Lipinski definition) is 3. The Hall–Kier alpha value is -1.10. The van der Waals surface area contributed by atoms with Gasteiger partial charge in [0, 0.05) is 6.54 Å². The monoisotopic (exact) mass is 298 g/mol. The molecule has 0 spiro atoms. The summed E-state index contributed by atoms with van der Waals surface area (Å²) >= 11 is 11.9. The average Bonchev–Trinajstić information content (AvgIpc) is 2.77. The molecule has 0 bridgehead atoms. The molecule has 0 fully saturated rings. The Morgan fingerprint density at radius 3 is 2.58 bits per heavy atom. The van der Waals surface area contributed by atoms with Gasteiger partial charge in [-0.25, -0.2) is 4.68 Å². The highest BCUT2D eigenvalue weighted by Crippen LogP contribution is 2.24. The zero-order valence-corrected chi connectivity index (χ0v) is 12.4. The lowest BCUT2D eigenvalue weighted by Crippen LogP contribution is -2.10. The van der Waals surface area contributed by atoms with Crippen LogP contribution in [-0.4, -0.2) is 15.0 Å². The Bertz CT molecular complexity index is 578. The van der Waals surface area contributed by atoms with E-state index < -0.39 is 0 Å². The maximum absolute atomic E-state index is 6.02. The summed E-state index contributed by atoms with van der Waals surface area (Å²) in [4.78, 5) is 0. The Labute approximate surface area is 122 Å². The van der Waals surface area contributed by atoms with Gasteiger partial charge in [-0.3, -0.25) is 0 Å². The molecule has 1 aromatic heterocycles. The first-order valence-electron chi connectivity index (χ1n) is 6.09. The van der Waals surface area contributed by atoms with Crippen molar-refractivity contribution in [3.63, 3.8) is 0 Å². The first kappa shape index (κ1) is 14.3. The van der Waals surface area contributed by atoms with Crippen LogP contribution in [0.2, 0.25) is 10.0 Å². The maximum Gasteiger partial charge on any atom is 0.0997 e. The standard InChI is InChI=1S/C13H16Cl2N4/c1-8(2)13-12(6-16)17-18-19(13)7-9-3-4-10(14)11(15)5-9/h3-5,8H,6-7,16H2,1-2H3. The van der Waals surface area contributed by atoms with Crippen molar-refractivity contribution in [2.75, 3.05) is 0 Å². The predicted molar refractivity (Wildman–Crippen MR) is 77.6 cm³/mol. The minimum atomic E-state index is 0.316. The number of nitrogens with zero attached hydrogens (tertiary/aromatic N) is 3. The highest BCUT2D eigenvalue weighted by atomic mass is 35.5. The molecule has 6 heteroatoms. The van der Waals surface area contributed by atoms with E-state index in [9.17, 15) is 0 Å². The number of aromatic nitrogens is 3. The molecule has 0 saturated carbocycles. The van der Waals surface area contributed by atoms with Crippen LogP contribution in [0, 0.1) is 0 Å². The molecule has 0 atom stereocenters. The van der Waals surface area contributed by atoms with Gasteiger partial charge in [0.1, 0.15) is 0 Å². The number of hydrogen-bond donors (Lipinski definition) is 1. The topological polar surface area (TPSA) is 56.7 Å². The van der Waals surface area contributed by atoms with E-state index in [1.165, 1.54) is 0 Å². The van der Waals surface area contributed by atoms with Crippen LogP contribution in [-0.2, 0) is 13.1 Å². The van der Waals surface area contributed by atoms with Gasteiger partial charge in [0.2, 0.25) is 0 Å². The Balaban J connectivity index is 2.32. The Morgan fingerprint density at radius 1 is 1.26 bits per heavy atom. The molecular formula is C13H16Cl2N4. The highest BCUT2D eigenvalue weighted by molar-refractivity contribution is 6.42. The summed E-state index contributed by atoms with van der Waals surface area (Å²) in [7, 11) is 0. The summed E-state index contributed by atoms with van der Waals surface area (Å²) in [6.45, 7) is 5.21. The van der Waals surface area contributed by atoms with Crippen LogP contribution in [0.1, 0.15) is 36.7 Å². The fourth-order valence-corrected chi connectivity index (χ4v) is 2.38. The van der Waals surface area contributed by atoms with Gasteiger partial charge >= 0.3 is 0 Å². The minimum Gasteiger partial charge on any atom is -0.325 e. The Kier molecular flexibility index (Phi) is 4.45. The molecule has 0 amide bonds. The van der Waals surface area contributed by atoms with E-state index in [4.69, 9.17) is 28.9 Å². The molecule has 0 radical (unpaired) electrons. The summed E-state index contributed by atoms with van der Waals surface area (Å²) in [6.07, 6.45) is 0. The van der Waals surface area contributed by atoms with E-state index in [1.807, 2.05) is 16.8 Å². The molecule has 2 aromatic rings.